The highest BCUT2D eigenvalue weighted by molar-refractivity contribution is 7.15. The first-order chi connectivity index (χ1) is 7.63. The van der Waals surface area contributed by atoms with Crippen LogP contribution in [-0.4, -0.2) is 14.8 Å². The van der Waals surface area contributed by atoms with Gasteiger partial charge in [0.2, 0.25) is 0 Å². The zero-order chi connectivity index (χ0) is 11.7. The van der Waals surface area contributed by atoms with Crippen molar-refractivity contribution < 1.29 is 0 Å². The van der Waals surface area contributed by atoms with Crippen molar-refractivity contribution in [3.63, 3.8) is 0 Å². The van der Waals surface area contributed by atoms with Crippen molar-refractivity contribution in [2.75, 3.05) is 5.73 Å². The molecule has 0 aliphatic carbocycles. The number of thiazole rings is 1. The maximum atomic E-state index is 6.02. The summed E-state index contributed by atoms with van der Waals surface area (Å²) in [5, 5.41) is 5.53. The van der Waals surface area contributed by atoms with Crippen molar-refractivity contribution in [1.29, 1.82) is 0 Å². The number of nitrogens with two attached hydrogens (primary N) is 1. The maximum absolute atomic E-state index is 6.02. The molecule has 0 bridgehead atoms. The Kier molecular flexibility index (Phi) is 2.96. The summed E-state index contributed by atoms with van der Waals surface area (Å²) in [6.07, 6.45) is 3.91. The lowest BCUT2D eigenvalue weighted by atomic mass is 10.1. The summed E-state index contributed by atoms with van der Waals surface area (Å²) >= 11 is 1.66. The van der Waals surface area contributed by atoms with Gasteiger partial charge in [-0.2, -0.15) is 5.10 Å². The molecule has 0 aliphatic rings. The van der Waals surface area contributed by atoms with Crippen molar-refractivity contribution >= 4 is 17.2 Å². The Morgan fingerprint density at radius 2 is 2.25 bits per heavy atom. The zero-order valence-electron chi connectivity index (χ0n) is 9.82. The molecule has 0 atom stereocenters. The molecule has 16 heavy (non-hydrogen) atoms. The first-order valence-corrected chi connectivity index (χ1v) is 6.19. The molecule has 2 heterocycles. The smallest absolute Gasteiger partial charge is 0.125 e. The zero-order valence-corrected chi connectivity index (χ0v) is 10.6. The minimum Gasteiger partial charge on any atom is -0.384 e. The van der Waals surface area contributed by atoms with E-state index in [1.165, 1.54) is 0 Å². The first kappa shape index (κ1) is 11.1. The van der Waals surface area contributed by atoms with E-state index in [9.17, 15) is 0 Å². The third kappa shape index (κ3) is 1.82. The highest BCUT2D eigenvalue weighted by Crippen LogP contribution is 2.31. The van der Waals surface area contributed by atoms with E-state index in [0.29, 0.717) is 0 Å². The largest absolute Gasteiger partial charge is 0.384 e. The standard InChI is InChI=1S/C11H16N4S/c1-4-5-8-10(14-15(3)11(8)12)9-6-13-7(2)16-9/h6H,4-5,12H2,1-3H3. The molecule has 0 fully saturated rings. The van der Waals surface area contributed by atoms with E-state index in [2.05, 4.69) is 17.0 Å². The molecule has 0 radical (unpaired) electrons. The van der Waals surface area contributed by atoms with Crippen LogP contribution in [0.1, 0.15) is 23.9 Å². The van der Waals surface area contributed by atoms with E-state index in [4.69, 9.17) is 5.73 Å². The summed E-state index contributed by atoms with van der Waals surface area (Å²) < 4.78 is 1.75. The maximum Gasteiger partial charge on any atom is 0.125 e. The molecular formula is C11H16N4S. The van der Waals surface area contributed by atoms with Gasteiger partial charge in [-0.1, -0.05) is 13.3 Å². The lowest BCUT2D eigenvalue weighted by Crippen LogP contribution is -1.99. The predicted molar refractivity (Wildman–Crippen MR) is 67.5 cm³/mol. The summed E-state index contributed by atoms with van der Waals surface area (Å²) in [4.78, 5) is 5.37. The Morgan fingerprint density at radius 3 is 2.81 bits per heavy atom. The number of nitrogens with zero attached hydrogens (tertiary/aromatic N) is 3. The SMILES string of the molecule is CCCc1c(-c2cnc(C)s2)nn(C)c1N. The van der Waals surface area contributed by atoms with Gasteiger partial charge < -0.3 is 5.73 Å². The van der Waals surface area contributed by atoms with Crippen LogP contribution in [0.3, 0.4) is 0 Å². The lowest BCUT2D eigenvalue weighted by Gasteiger charge is -1.99. The number of hydrogen-bond donors (Lipinski definition) is 1. The van der Waals surface area contributed by atoms with Crippen LogP contribution in [0.4, 0.5) is 5.82 Å². The summed E-state index contributed by atoms with van der Waals surface area (Å²) in [5.74, 6) is 0.767. The van der Waals surface area contributed by atoms with Gasteiger partial charge in [0.05, 0.1) is 9.88 Å². The van der Waals surface area contributed by atoms with Gasteiger partial charge in [-0.25, -0.2) is 4.98 Å². The molecule has 0 aromatic carbocycles. The van der Waals surface area contributed by atoms with Crippen LogP contribution in [0, 0.1) is 6.92 Å². The molecule has 0 unspecified atom stereocenters. The molecule has 0 amide bonds. The molecule has 2 rings (SSSR count). The molecule has 5 heteroatoms. The molecule has 0 saturated heterocycles. The van der Waals surface area contributed by atoms with Crippen LogP contribution in [0.5, 0.6) is 0 Å². The van der Waals surface area contributed by atoms with E-state index in [-0.39, 0.29) is 0 Å². The monoisotopic (exact) mass is 236 g/mol. The Hall–Kier alpha value is -1.36. The Bertz CT molecular complexity index is 498. The van der Waals surface area contributed by atoms with Gasteiger partial charge in [-0.15, -0.1) is 11.3 Å². The van der Waals surface area contributed by atoms with E-state index in [1.807, 2.05) is 20.2 Å². The van der Waals surface area contributed by atoms with Gasteiger partial charge in [0.15, 0.2) is 0 Å². The van der Waals surface area contributed by atoms with Gasteiger partial charge in [0, 0.05) is 18.8 Å². The van der Waals surface area contributed by atoms with Crippen molar-refractivity contribution in [3.8, 4) is 10.6 Å². The summed E-state index contributed by atoms with van der Waals surface area (Å²) in [7, 11) is 1.88. The molecule has 4 nitrogen and oxygen atoms in total. The molecular weight excluding hydrogens is 220 g/mol. The third-order valence-corrected chi connectivity index (χ3v) is 3.47. The Balaban J connectivity index is 2.51. The minimum absolute atomic E-state index is 0.767. The van der Waals surface area contributed by atoms with E-state index < -0.39 is 0 Å². The lowest BCUT2D eigenvalue weighted by molar-refractivity contribution is 0.781. The van der Waals surface area contributed by atoms with Crippen LogP contribution in [0.15, 0.2) is 6.20 Å². The average Bonchev–Trinajstić information content (AvgIpc) is 2.78. The number of anilines is 1. The number of rotatable bonds is 3. The summed E-state index contributed by atoms with van der Waals surface area (Å²) in [6.45, 7) is 4.15. The fourth-order valence-electron chi connectivity index (χ4n) is 1.75. The quantitative estimate of drug-likeness (QED) is 0.890. The van der Waals surface area contributed by atoms with Gasteiger partial charge in [0.1, 0.15) is 11.5 Å². The third-order valence-electron chi connectivity index (χ3n) is 2.55. The second kappa shape index (κ2) is 4.25. The number of nitrogen functional groups attached to an aromatic ring is 1. The van der Waals surface area contributed by atoms with E-state index >= 15 is 0 Å². The minimum atomic E-state index is 0.767. The van der Waals surface area contributed by atoms with E-state index in [0.717, 1.165) is 39.8 Å². The highest BCUT2D eigenvalue weighted by Gasteiger charge is 2.16. The summed E-state index contributed by atoms with van der Waals surface area (Å²) in [6, 6.07) is 0. The van der Waals surface area contributed by atoms with Crippen molar-refractivity contribution in [1.82, 2.24) is 14.8 Å². The summed E-state index contributed by atoms with van der Waals surface area (Å²) in [5.41, 5.74) is 8.16. The molecule has 0 spiro atoms. The predicted octanol–water partition coefficient (Wildman–Crippen LogP) is 2.39. The van der Waals surface area contributed by atoms with Crippen LogP contribution in [-0.2, 0) is 13.5 Å². The molecule has 86 valence electrons. The molecule has 2 N–H and O–H groups in total. The van der Waals surface area contributed by atoms with Crippen LogP contribution in [0.2, 0.25) is 0 Å². The van der Waals surface area contributed by atoms with Gasteiger partial charge in [-0.3, -0.25) is 4.68 Å². The number of aryl methyl sites for hydroxylation is 2. The van der Waals surface area contributed by atoms with Crippen LogP contribution < -0.4 is 5.73 Å². The first-order valence-electron chi connectivity index (χ1n) is 5.37. The Labute approximate surface area is 99.1 Å². The topological polar surface area (TPSA) is 56.7 Å². The van der Waals surface area contributed by atoms with Crippen LogP contribution >= 0.6 is 11.3 Å². The normalized spacial score (nSPS) is 10.9. The molecule has 0 saturated carbocycles. The fraction of sp³-hybridized carbons (Fsp3) is 0.455. The van der Waals surface area contributed by atoms with E-state index in [1.54, 1.807) is 16.0 Å². The fourth-order valence-corrected chi connectivity index (χ4v) is 2.54. The second-order valence-corrected chi connectivity index (χ2v) is 5.06. The van der Waals surface area contributed by atoms with Gasteiger partial charge in [0.25, 0.3) is 0 Å². The molecule has 0 aliphatic heterocycles. The van der Waals surface area contributed by atoms with Crippen molar-refractivity contribution in [2.45, 2.75) is 26.7 Å². The number of hydrogen-bond acceptors (Lipinski definition) is 4. The number of aromatic nitrogens is 3. The highest BCUT2D eigenvalue weighted by atomic mass is 32.1. The second-order valence-electron chi connectivity index (χ2n) is 3.83. The van der Waals surface area contributed by atoms with Gasteiger partial charge in [-0.05, 0) is 13.3 Å². The van der Waals surface area contributed by atoms with Crippen molar-refractivity contribution in [2.24, 2.45) is 7.05 Å². The average molecular weight is 236 g/mol. The molecule has 2 aromatic rings. The van der Waals surface area contributed by atoms with Crippen molar-refractivity contribution in [3.05, 3.63) is 16.8 Å². The van der Waals surface area contributed by atoms with Gasteiger partial charge >= 0.3 is 0 Å². The molecule has 2 aromatic heterocycles. The van der Waals surface area contributed by atoms with Crippen LogP contribution in [0.25, 0.3) is 10.6 Å². The Morgan fingerprint density at radius 1 is 1.50 bits per heavy atom.